The van der Waals surface area contributed by atoms with E-state index in [2.05, 4.69) is 20.2 Å². The van der Waals surface area contributed by atoms with Crippen molar-refractivity contribution >= 4 is 0 Å². The third kappa shape index (κ3) is 2.45. The second-order valence-corrected chi connectivity index (χ2v) is 3.87. The molecule has 0 radical (unpaired) electrons. The van der Waals surface area contributed by atoms with Crippen LogP contribution in [0.1, 0.15) is 25.0 Å². The summed E-state index contributed by atoms with van der Waals surface area (Å²) in [6.45, 7) is 2.63. The number of aromatic nitrogens is 2. The van der Waals surface area contributed by atoms with Crippen LogP contribution in [0.4, 0.5) is 0 Å². The molecule has 0 saturated carbocycles. The third-order valence-corrected chi connectivity index (χ3v) is 2.74. The molecule has 6 nitrogen and oxygen atoms in total. The summed E-state index contributed by atoms with van der Waals surface area (Å²) in [5.74, 6) is 0. The maximum Gasteiger partial charge on any atom is 0.431 e. The Balaban J connectivity index is 1.89. The molecule has 2 rings (SSSR count). The number of hydrogen-bond donors (Lipinski definition) is 2. The van der Waals surface area contributed by atoms with Gasteiger partial charge in [-0.2, -0.15) is 0 Å². The van der Waals surface area contributed by atoms with E-state index < -0.39 is 0 Å². The summed E-state index contributed by atoms with van der Waals surface area (Å²) >= 11 is 0. The maximum absolute atomic E-state index is 11.2. The molecular formula is C9H17N4O2+. The Morgan fingerprint density at radius 2 is 2.20 bits per heavy atom. The predicted molar refractivity (Wildman–Crippen MR) is 52.8 cm³/mol. The SMILES string of the molecule is C[n+]1[nH]oc(=O)c1CNN1CCCCC1. The highest BCUT2D eigenvalue weighted by Crippen LogP contribution is 2.05. The highest BCUT2D eigenvalue weighted by molar-refractivity contribution is 4.81. The van der Waals surface area contributed by atoms with Crippen LogP contribution in [0.5, 0.6) is 0 Å². The van der Waals surface area contributed by atoms with E-state index in [-0.39, 0.29) is 5.63 Å². The Kier molecular flexibility index (Phi) is 3.17. The Morgan fingerprint density at radius 3 is 2.80 bits per heavy atom. The van der Waals surface area contributed by atoms with Gasteiger partial charge in [0.15, 0.2) is 7.05 Å². The lowest BCUT2D eigenvalue weighted by molar-refractivity contribution is -0.746. The zero-order chi connectivity index (χ0) is 10.7. The Hall–Kier alpha value is -1.14. The topological polar surface area (TPSA) is 65.2 Å². The average Bonchev–Trinajstić information content (AvgIpc) is 2.58. The molecule has 0 amide bonds. The summed E-state index contributed by atoms with van der Waals surface area (Å²) in [6.07, 6.45) is 3.75. The van der Waals surface area contributed by atoms with E-state index in [9.17, 15) is 4.79 Å². The number of hydrazine groups is 1. The second kappa shape index (κ2) is 4.59. The minimum absolute atomic E-state index is 0.304. The molecule has 1 fully saturated rings. The zero-order valence-electron chi connectivity index (χ0n) is 8.95. The van der Waals surface area contributed by atoms with Gasteiger partial charge in [0.25, 0.3) is 0 Å². The van der Waals surface area contributed by atoms with E-state index in [4.69, 9.17) is 0 Å². The Labute approximate surface area is 87.8 Å². The lowest BCUT2D eigenvalue weighted by atomic mass is 10.2. The second-order valence-electron chi connectivity index (χ2n) is 3.87. The van der Waals surface area contributed by atoms with Crippen LogP contribution in [-0.2, 0) is 13.6 Å². The van der Waals surface area contributed by atoms with E-state index in [1.54, 1.807) is 11.7 Å². The van der Waals surface area contributed by atoms with Crippen molar-refractivity contribution in [1.29, 1.82) is 0 Å². The van der Waals surface area contributed by atoms with Crippen LogP contribution in [0.2, 0.25) is 0 Å². The van der Waals surface area contributed by atoms with E-state index in [1.807, 2.05) is 0 Å². The molecule has 2 heterocycles. The number of nitrogens with zero attached hydrogens (tertiary/aromatic N) is 2. The third-order valence-electron chi connectivity index (χ3n) is 2.74. The summed E-state index contributed by atoms with van der Waals surface area (Å²) in [5.41, 5.74) is 3.55. The van der Waals surface area contributed by atoms with Crippen LogP contribution in [0, 0.1) is 0 Å². The van der Waals surface area contributed by atoms with Crippen molar-refractivity contribution in [3.8, 4) is 0 Å². The van der Waals surface area contributed by atoms with Gasteiger partial charge in [0.2, 0.25) is 0 Å². The van der Waals surface area contributed by atoms with Gasteiger partial charge in [-0.25, -0.2) is 15.2 Å². The van der Waals surface area contributed by atoms with Crippen molar-refractivity contribution in [3.05, 3.63) is 16.1 Å². The van der Waals surface area contributed by atoms with Crippen molar-refractivity contribution in [3.63, 3.8) is 0 Å². The average molecular weight is 213 g/mol. The molecule has 0 unspecified atom stereocenters. The fourth-order valence-electron chi connectivity index (χ4n) is 1.79. The lowest BCUT2D eigenvalue weighted by Crippen LogP contribution is -2.45. The first kappa shape index (κ1) is 10.4. The normalized spacial score (nSPS) is 18.2. The van der Waals surface area contributed by atoms with Gasteiger partial charge in [-0.15, -0.1) is 0 Å². The van der Waals surface area contributed by atoms with Gasteiger partial charge < -0.3 is 0 Å². The van der Waals surface area contributed by atoms with Crippen molar-refractivity contribution in [2.45, 2.75) is 25.8 Å². The number of aryl methyl sites for hydroxylation is 1. The fourth-order valence-corrected chi connectivity index (χ4v) is 1.79. The monoisotopic (exact) mass is 213 g/mol. The van der Waals surface area contributed by atoms with Gasteiger partial charge in [0.1, 0.15) is 6.54 Å². The molecule has 0 aliphatic carbocycles. The van der Waals surface area contributed by atoms with Gasteiger partial charge in [-0.05, 0) is 18.1 Å². The molecule has 0 atom stereocenters. The van der Waals surface area contributed by atoms with Gasteiger partial charge in [-0.1, -0.05) is 11.1 Å². The van der Waals surface area contributed by atoms with Crippen LogP contribution in [0.3, 0.4) is 0 Å². The standard InChI is InChI=1S/C9H16N4O2/c1-12-8(9(14)15-11-12)7-10-13-5-3-2-4-6-13/h10H,2-7H2,1H3/p+1. The molecule has 1 aromatic rings. The van der Waals surface area contributed by atoms with Crippen molar-refractivity contribution in [2.24, 2.45) is 7.05 Å². The highest BCUT2D eigenvalue weighted by atomic mass is 16.5. The molecule has 1 saturated heterocycles. The smallest absolute Gasteiger partial charge is 0.283 e. The molecule has 1 aromatic heterocycles. The first-order chi connectivity index (χ1) is 7.27. The Bertz CT molecular complexity index is 364. The number of hydrogen-bond acceptors (Lipinski definition) is 4. The summed E-state index contributed by atoms with van der Waals surface area (Å²) in [5, 5.41) is 4.66. The lowest BCUT2D eigenvalue weighted by Gasteiger charge is -2.26. The van der Waals surface area contributed by atoms with Crippen molar-refractivity contribution in [1.82, 2.24) is 15.7 Å². The highest BCUT2D eigenvalue weighted by Gasteiger charge is 2.18. The van der Waals surface area contributed by atoms with Gasteiger partial charge in [0.05, 0.1) is 0 Å². The fraction of sp³-hybridized carbons (Fsp3) is 0.778. The van der Waals surface area contributed by atoms with Crippen LogP contribution in [0.15, 0.2) is 9.32 Å². The number of aromatic amines is 1. The maximum atomic E-state index is 11.2. The van der Waals surface area contributed by atoms with Crippen molar-refractivity contribution in [2.75, 3.05) is 13.1 Å². The molecule has 0 aromatic carbocycles. The first-order valence-electron chi connectivity index (χ1n) is 5.32. The quantitative estimate of drug-likeness (QED) is 0.651. The summed E-state index contributed by atoms with van der Waals surface area (Å²) in [4.78, 5) is 11.2. The van der Waals surface area contributed by atoms with Crippen molar-refractivity contribution < 1.29 is 9.20 Å². The van der Waals surface area contributed by atoms with Gasteiger partial charge in [0, 0.05) is 13.1 Å². The molecule has 2 N–H and O–H groups in total. The van der Waals surface area contributed by atoms with Gasteiger partial charge >= 0.3 is 11.3 Å². The molecule has 0 spiro atoms. The molecule has 15 heavy (non-hydrogen) atoms. The first-order valence-corrected chi connectivity index (χ1v) is 5.32. The molecule has 0 bridgehead atoms. The van der Waals surface area contributed by atoms with E-state index in [0.717, 1.165) is 13.1 Å². The molecule has 1 aliphatic rings. The van der Waals surface area contributed by atoms with E-state index in [1.165, 1.54) is 19.3 Å². The van der Waals surface area contributed by atoms with E-state index in [0.29, 0.717) is 12.2 Å². The summed E-state index contributed by atoms with van der Waals surface area (Å²) in [7, 11) is 1.76. The molecular weight excluding hydrogens is 196 g/mol. The summed E-state index contributed by atoms with van der Waals surface area (Å²) < 4.78 is 6.26. The van der Waals surface area contributed by atoms with Gasteiger partial charge in [-0.3, -0.25) is 4.52 Å². The van der Waals surface area contributed by atoms with E-state index >= 15 is 0 Å². The number of piperidine rings is 1. The predicted octanol–water partition coefficient (Wildman–Crippen LogP) is -0.717. The number of H-pyrrole nitrogens is 1. The Morgan fingerprint density at radius 1 is 1.47 bits per heavy atom. The van der Waals surface area contributed by atoms with Crippen LogP contribution in [0.25, 0.3) is 0 Å². The number of rotatable bonds is 3. The molecule has 6 heteroatoms. The minimum Gasteiger partial charge on any atom is -0.283 e. The van der Waals surface area contributed by atoms with Crippen LogP contribution in [-0.4, -0.2) is 23.4 Å². The van der Waals surface area contributed by atoms with Crippen LogP contribution >= 0.6 is 0 Å². The van der Waals surface area contributed by atoms with Crippen LogP contribution < -0.4 is 15.7 Å². The largest absolute Gasteiger partial charge is 0.431 e. The molecule has 84 valence electrons. The summed E-state index contributed by atoms with van der Waals surface area (Å²) in [6, 6.07) is 0. The number of nitrogens with one attached hydrogen (secondary N) is 2. The zero-order valence-corrected chi connectivity index (χ0v) is 8.95. The minimum atomic E-state index is -0.304. The molecule has 1 aliphatic heterocycles.